The highest BCUT2D eigenvalue weighted by Crippen LogP contribution is 2.10. The lowest BCUT2D eigenvalue weighted by Gasteiger charge is -2.04. The van der Waals surface area contributed by atoms with E-state index in [1.165, 1.54) is 11.1 Å². The summed E-state index contributed by atoms with van der Waals surface area (Å²) in [6.07, 6.45) is 4.55. The first-order chi connectivity index (χ1) is 8.08. The van der Waals surface area contributed by atoms with Crippen LogP contribution in [0.25, 0.3) is 0 Å². The molecule has 0 N–H and O–H groups in total. The number of carbonyl (C=O) groups is 1. The van der Waals surface area contributed by atoms with Crippen molar-refractivity contribution in [2.24, 2.45) is 5.92 Å². The van der Waals surface area contributed by atoms with E-state index >= 15 is 0 Å². The van der Waals surface area contributed by atoms with Crippen LogP contribution in [-0.2, 0) is 11.2 Å². The maximum absolute atomic E-state index is 11.7. The second-order valence-electron chi connectivity index (χ2n) is 5.31. The number of hydrogen-bond acceptors (Lipinski definition) is 1. The van der Waals surface area contributed by atoms with Gasteiger partial charge in [0.25, 0.3) is 0 Å². The van der Waals surface area contributed by atoms with Crippen LogP contribution >= 0.6 is 0 Å². The maximum atomic E-state index is 11.7. The lowest BCUT2D eigenvalue weighted by Crippen LogP contribution is -2.01. The van der Waals surface area contributed by atoms with E-state index in [0.717, 1.165) is 25.7 Å². The number of Topliss-reactive ketones (excluding diaryl/α,β-unsaturated/α-hetero) is 1. The van der Waals surface area contributed by atoms with E-state index in [4.69, 9.17) is 0 Å². The molecule has 0 saturated heterocycles. The number of ketones is 1. The minimum atomic E-state index is 0.409. The molecule has 0 unspecified atom stereocenters. The highest BCUT2D eigenvalue weighted by Gasteiger charge is 2.03. The smallest absolute Gasteiger partial charge is 0.133 e. The monoisotopic (exact) mass is 232 g/mol. The SMILES string of the molecule is Cc1cccc(CCC(=O)CCCC(C)C)c1. The molecule has 0 aromatic heterocycles. The lowest BCUT2D eigenvalue weighted by atomic mass is 10.0. The molecular formula is C16H24O. The van der Waals surface area contributed by atoms with Gasteiger partial charge in [-0.3, -0.25) is 4.79 Å². The van der Waals surface area contributed by atoms with Crippen LogP contribution < -0.4 is 0 Å². The zero-order valence-electron chi connectivity index (χ0n) is 11.3. The molecule has 0 amide bonds. The Kier molecular flexibility index (Phi) is 5.96. The fraction of sp³-hybridized carbons (Fsp3) is 0.562. The first-order valence-electron chi connectivity index (χ1n) is 6.65. The summed E-state index contributed by atoms with van der Waals surface area (Å²) in [4.78, 5) is 11.7. The van der Waals surface area contributed by atoms with Crippen molar-refractivity contribution in [2.45, 2.75) is 52.9 Å². The summed E-state index contributed by atoms with van der Waals surface area (Å²) in [7, 11) is 0. The Hall–Kier alpha value is -1.11. The third-order valence-electron chi connectivity index (χ3n) is 3.01. The van der Waals surface area contributed by atoms with E-state index in [1.54, 1.807) is 0 Å². The molecular weight excluding hydrogens is 208 g/mol. The molecule has 0 saturated carbocycles. The fourth-order valence-electron chi connectivity index (χ4n) is 1.98. The molecule has 1 aromatic carbocycles. The van der Waals surface area contributed by atoms with E-state index < -0.39 is 0 Å². The molecule has 0 atom stereocenters. The minimum Gasteiger partial charge on any atom is -0.300 e. The van der Waals surface area contributed by atoms with Gasteiger partial charge in [0.2, 0.25) is 0 Å². The largest absolute Gasteiger partial charge is 0.300 e. The van der Waals surface area contributed by atoms with Gasteiger partial charge in [-0.15, -0.1) is 0 Å². The number of hydrogen-bond donors (Lipinski definition) is 0. The van der Waals surface area contributed by atoms with Gasteiger partial charge >= 0.3 is 0 Å². The third kappa shape index (κ3) is 6.25. The number of benzene rings is 1. The number of carbonyl (C=O) groups excluding carboxylic acids is 1. The molecule has 0 aliphatic rings. The summed E-state index contributed by atoms with van der Waals surface area (Å²) in [5.74, 6) is 1.12. The number of rotatable bonds is 7. The van der Waals surface area contributed by atoms with Gasteiger partial charge in [0.1, 0.15) is 5.78 Å². The van der Waals surface area contributed by atoms with E-state index in [9.17, 15) is 4.79 Å². The predicted molar refractivity (Wildman–Crippen MR) is 73.2 cm³/mol. The molecule has 0 radical (unpaired) electrons. The van der Waals surface area contributed by atoms with Gasteiger partial charge in [-0.1, -0.05) is 50.1 Å². The normalized spacial score (nSPS) is 10.8. The molecule has 1 heteroatoms. The Morgan fingerprint density at radius 1 is 1.24 bits per heavy atom. The second-order valence-corrected chi connectivity index (χ2v) is 5.31. The van der Waals surface area contributed by atoms with Gasteiger partial charge in [-0.25, -0.2) is 0 Å². The summed E-state index contributed by atoms with van der Waals surface area (Å²) >= 11 is 0. The van der Waals surface area contributed by atoms with Crippen molar-refractivity contribution < 1.29 is 4.79 Å². The molecule has 1 aromatic rings. The van der Waals surface area contributed by atoms with E-state index in [0.29, 0.717) is 18.1 Å². The predicted octanol–water partition coefficient (Wildman–Crippen LogP) is 4.32. The van der Waals surface area contributed by atoms with Crippen molar-refractivity contribution in [3.05, 3.63) is 35.4 Å². The molecule has 17 heavy (non-hydrogen) atoms. The topological polar surface area (TPSA) is 17.1 Å². The summed E-state index contributed by atoms with van der Waals surface area (Å²) in [6, 6.07) is 8.43. The molecule has 0 spiro atoms. The van der Waals surface area contributed by atoms with Gasteiger partial charge < -0.3 is 0 Å². The van der Waals surface area contributed by atoms with Crippen LogP contribution in [0.3, 0.4) is 0 Å². The lowest BCUT2D eigenvalue weighted by molar-refractivity contribution is -0.119. The zero-order valence-corrected chi connectivity index (χ0v) is 11.3. The van der Waals surface area contributed by atoms with Crippen molar-refractivity contribution >= 4 is 5.78 Å². The Morgan fingerprint density at radius 2 is 2.00 bits per heavy atom. The van der Waals surface area contributed by atoms with Crippen molar-refractivity contribution in [3.63, 3.8) is 0 Å². The van der Waals surface area contributed by atoms with Crippen molar-refractivity contribution in [1.82, 2.24) is 0 Å². The van der Waals surface area contributed by atoms with Gasteiger partial charge in [0, 0.05) is 12.8 Å². The fourth-order valence-corrected chi connectivity index (χ4v) is 1.98. The van der Waals surface area contributed by atoms with E-state index in [-0.39, 0.29) is 0 Å². The average molecular weight is 232 g/mol. The maximum Gasteiger partial charge on any atom is 0.133 e. The summed E-state index contributed by atoms with van der Waals surface area (Å²) in [5, 5.41) is 0. The van der Waals surface area contributed by atoms with E-state index in [2.05, 4.69) is 45.0 Å². The third-order valence-corrected chi connectivity index (χ3v) is 3.01. The van der Waals surface area contributed by atoms with Gasteiger partial charge in [0.15, 0.2) is 0 Å². The van der Waals surface area contributed by atoms with Crippen molar-refractivity contribution in [3.8, 4) is 0 Å². The van der Waals surface area contributed by atoms with E-state index in [1.807, 2.05) is 0 Å². The molecule has 1 nitrogen and oxygen atoms in total. The van der Waals surface area contributed by atoms with Crippen LogP contribution in [0.1, 0.15) is 50.7 Å². The van der Waals surface area contributed by atoms with Crippen LogP contribution in [0.5, 0.6) is 0 Å². The van der Waals surface area contributed by atoms with Crippen LogP contribution in [0.4, 0.5) is 0 Å². The second kappa shape index (κ2) is 7.26. The Bertz CT molecular complexity index is 352. The first-order valence-corrected chi connectivity index (χ1v) is 6.65. The van der Waals surface area contributed by atoms with Crippen molar-refractivity contribution in [2.75, 3.05) is 0 Å². The van der Waals surface area contributed by atoms with Crippen LogP contribution in [0.15, 0.2) is 24.3 Å². The molecule has 0 fully saturated rings. The van der Waals surface area contributed by atoms with Crippen molar-refractivity contribution in [1.29, 1.82) is 0 Å². The highest BCUT2D eigenvalue weighted by molar-refractivity contribution is 5.78. The Morgan fingerprint density at radius 3 is 2.65 bits per heavy atom. The standard InChI is InChI=1S/C16H24O/c1-13(2)6-4-9-16(17)11-10-15-8-5-7-14(3)12-15/h5,7-8,12-13H,4,6,9-11H2,1-3H3. The first kappa shape index (κ1) is 14.0. The molecule has 94 valence electrons. The average Bonchev–Trinajstić information content (AvgIpc) is 2.26. The quantitative estimate of drug-likeness (QED) is 0.684. The van der Waals surface area contributed by atoms with Crippen LogP contribution in [0, 0.1) is 12.8 Å². The van der Waals surface area contributed by atoms with Crippen LogP contribution in [0.2, 0.25) is 0 Å². The molecule has 1 rings (SSSR count). The zero-order chi connectivity index (χ0) is 12.7. The molecule has 0 heterocycles. The van der Waals surface area contributed by atoms with Gasteiger partial charge in [0.05, 0.1) is 0 Å². The van der Waals surface area contributed by atoms with Gasteiger partial charge in [-0.05, 0) is 31.2 Å². The minimum absolute atomic E-state index is 0.409. The highest BCUT2D eigenvalue weighted by atomic mass is 16.1. The Labute approximate surface area is 105 Å². The van der Waals surface area contributed by atoms with Gasteiger partial charge in [-0.2, -0.15) is 0 Å². The molecule has 0 bridgehead atoms. The summed E-state index contributed by atoms with van der Waals surface area (Å²) in [6.45, 7) is 6.50. The number of aryl methyl sites for hydroxylation is 2. The summed E-state index contributed by atoms with van der Waals surface area (Å²) < 4.78 is 0. The molecule has 0 aliphatic heterocycles. The molecule has 0 aliphatic carbocycles. The Balaban J connectivity index is 2.24. The van der Waals surface area contributed by atoms with Crippen LogP contribution in [-0.4, -0.2) is 5.78 Å². The summed E-state index contributed by atoms with van der Waals surface area (Å²) in [5.41, 5.74) is 2.55.